The average Bonchev–Trinajstić information content (AvgIpc) is 2.52. The molecule has 24 heavy (non-hydrogen) atoms. The Labute approximate surface area is 134 Å². The van der Waals surface area contributed by atoms with Gasteiger partial charge in [-0.3, -0.25) is 29.1 Å². The van der Waals surface area contributed by atoms with Gasteiger partial charge in [-0.25, -0.2) is 4.79 Å². The van der Waals surface area contributed by atoms with Gasteiger partial charge in [0.1, 0.15) is 0 Å². The number of carbonyl (C=O) groups is 4. The largest absolute Gasteiger partial charge is 0.479 e. The molecule has 0 aliphatic carbocycles. The highest BCUT2D eigenvalue weighted by Crippen LogP contribution is 2.24. The summed E-state index contributed by atoms with van der Waals surface area (Å²) in [6.45, 7) is 6.20. The number of hydrogen-bond donors (Lipinski definition) is 5. The molecule has 3 amide bonds. The van der Waals surface area contributed by atoms with Gasteiger partial charge in [-0.1, -0.05) is 13.2 Å². The summed E-state index contributed by atoms with van der Waals surface area (Å²) in [7, 11) is 0. The predicted octanol–water partition coefficient (Wildman–Crippen LogP) is -3.87. The lowest BCUT2D eigenvalue weighted by molar-refractivity contribution is -0.308. The maximum Gasteiger partial charge on any atom is 0.342 e. The molecule has 0 aromatic heterocycles. The second-order valence-corrected chi connectivity index (χ2v) is 4.42. The SMILES string of the molecule is C=CC(=O)N1C(O)N(C(=O)C=C)C(O)N(C(=O)C(O)C(=O)O)C1O. The average molecular weight is 345 g/mol. The van der Waals surface area contributed by atoms with Crippen molar-refractivity contribution in [1.29, 1.82) is 0 Å². The highest BCUT2D eigenvalue weighted by molar-refractivity contribution is 6.00. The molecule has 3 atom stereocenters. The zero-order valence-corrected chi connectivity index (χ0v) is 12.1. The quantitative estimate of drug-likeness (QED) is 0.252. The maximum absolute atomic E-state index is 11.9. The molecule has 1 fully saturated rings. The van der Waals surface area contributed by atoms with Gasteiger partial charge in [-0.15, -0.1) is 0 Å². The Kier molecular flexibility index (Phi) is 5.76. The van der Waals surface area contributed by atoms with Crippen LogP contribution in [0, 0.1) is 0 Å². The van der Waals surface area contributed by atoms with E-state index in [9.17, 15) is 39.6 Å². The summed E-state index contributed by atoms with van der Waals surface area (Å²) in [6.07, 6.45) is -8.47. The summed E-state index contributed by atoms with van der Waals surface area (Å²) in [5, 5.41) is 48.0. The van der Waals surface area contributed by atoms with Gasteiger partial charge >= 0.3 is 5.97 Å². The van der Waals surface area contributed by atoms with Gasteiger partial charge in [0.2, 0.25) is 25.2 Å². The molecule has 0 bridgehead atoms. The number of aliphatic hydroxyl groups excluding tert-OH is 4. The first-order chi connectivity index (χ1) is 11.1. The first-order valence-corrected chi connectivity index (χ1v) is 6.26. The summed E-state index contributed by atoms with van der Waals surface area (Å²) in [4.78, 5) is 46.4. The molecule has 1 aliphatic rings. The molecule has 1 rings (SSSR count). The fourth-order valence-corrected chi connectivity index (χ4v) is 1.90. The Morgan fingerprint density at radius 3 is 1.46 bits per heavy atom. The number of amides is 3. The zero-order chi connectivity index (χ0) is 18.8. The van der Waals surface area contributed by atoms with Crippen LogP contribution >= 0.6 is 0 Å². The summed E-state index contributed by atoms with van der Waals surface area (Å²) in [5.74, 6) is -6.07. The number of hydrogen-bond acceptors (Lipinski definition) is 8. The number of aliphatic carboxylic acids is 1. The van der Waals surface area contributed by atoms with E-state index in [1.54, 1.807) is 0 Å². The summed E-state index contributed by atoms with van der Waals surface area (Å²) < 4.78 is 0. The number of carbonyl (C=O) groups excluding carboxylic acids is 3. The van der Waals surface area contributed by atoms with Crippen LogP contribution in [0.15, 0.2) is 25.3 Å². The van der Waals surface area contributed by atoms with Crippen molar-refractivity contribution in [2.75, 3.05) is 0 Å². The van der Waals surface area contributed by atoms with E-state index in [2.05, 4.69) is 13.2 Å². The lowest BCUT2D eigenvalue weighted by Crippen LogP contribution is -2.74. The first kappa shape index (κ1) is 19.2. The van der Waals surface area contributed by atoms with E-state index in [-0.39, 0.29) is 14.7 Å². The van der Waals surface area contributed by atoms with Crippen molar-refractivity contribution in [1.82, 2.24) is 14.7 Å². The molecule has 5 N–H and O–H groups in total. The van der Waals surface area contributed by atoms with Crippen LogP contribution in [0.3, 0.4) is 0 Å². The second-order valence-electron chi connectivity index (χ2n) is 4.42. The third kappa shape index (κ3) is 3.11. The van der Waals surface area contributed by atoms with E-state index in [1.807, 2.05) is 0 Å². The van der Waals surface area contributed by atoms with Crippen LogP contribution in [0.5, 0.6) is 0 Å². The molecule has 3 unspecified atom stereocenters. The van der Waals surface area contributed by atoms with Crippen LogP contribution in [0.25, 0.3) is 0 Å². The molecule has 0 aromatic carbocycles. The van der Waals surface area contributed by atoms with Crippen LogP contribution in [0.2, 0.25) is 0 Å². The van der Waals surface area contributed by atoms with Crippen molar-refractivity contribution in [3.05, 3.63) is 25.3 Å². The lowest BCUT2D eigenvalue weighted by atomic mass is 10.2. The third-order valence-electron chi connectivity index (χ3n) is 3.07. The molecule has 12 heteroatoms. The Morgan fingerprint density at radius 1 is 0.833 bits per heavy atom. The molecular formula is C12H15N3O9. The van der Waals surface area contributed by atoms with Crippen molar-refractivity contribution in [2.24, 2.45) is 0 Å². The number of nitrogens with zero attached hydrogens (tertiary/aromatic N) is 3. The lowest BCUT2D eigenvalue weighted by Gasteiger charge is -2.50. The van der Waals surface area contributed by atoms with Gasteiger partial charge in [-0.2, -0.15) is 0 Å². The van der Waals surface area contributed by atoms with Crippen molar-refractivity contribution >= 4 is 23.7 Å². The predicted molar refractivity (Wildman–Crippen MR) is 72.6 cm³/mol. The minimum absolute atomic E-state index is 0.0751. The van der Waals surface area contributed by atoms with Crippen molar-refractivity contribution in [2.45, 2.75) is 25.2 Å². The number of carboxylic acids is 1. The first-order valence-electron chi connectivity index (χ1n) is 6.26. The molecule has 1 aliphatic heterocycles. The highest BCUT2D eigenvalue weighted by atomic mass is 16.4. The normalized spacial score (nSPS) is 25.0. The maximum atomic E-state index is 11.9. The molecular weight excluding hydrogens is 330 g/mol. The van der Waals surface area contributed by atoms with Gasteiger partial charge in [0.05, 0.1) is 0 Å². The summed E-state index contributed by atoms with van der Waals surface area (Å²) >= 11 is 0. The van der Waals surface area contributed by atoms with Crippen molar-refractivity contribution in [3.63, 3.8) is 0 Å². The molecule has 0 saturated carbocycles. The van der Waals surface area contributed by atoms with Gasteiger partial charge in [0.25, 0.3) is 17.7 Å². The number of carboxylic acid groups (broad SMARTS) is 1. The zero-order valence-electron chi connectivity index (χ0n) is 12.1. The summed E-state index contributed by atoms with van der Waals surface area (Å²) in [6, 6.07) is 0. The van der Waals surface area contributed by atoms with E-state index in [0.717, 1.165) is 0 Å². The molecule has 0 aromatic rings. The van der Waals surface area contributed by atoms with Crippen LogP contribution in [0.1, 0.15) is 0 Å². The van der Waals surface area contributed by atoms with Gasteiger partial charge in [-0.05, 0) is 12.2 Å². The highest BCUT2D eigenvalue weighted by Gasteiger charge is 2.51. The van der Waals surface area contributed by atoms with Crippen LogP contribution in [-0.2, 0) is 19.2 Å². The molecule has 0 spiro atoms. The van der Waals surface area contributed by atoms with E-state index in [4.69, 9.17) is 5.11 Å². The van der Waals surface area contributed by atoms with Gasteiger partial charge < -0.3 is 25.5 Å². The fourth-order valence-electron chi connectivity index (χ4n) is 1.90. The van der Waals surface area contributed by atoms with E-state index in [1.165, 1.54) is 0 Å². The molecule has 0 radical (unpaired) electrons. The topological polar surface area (TPSA) is 179 Å². The summed E-state index contributed by atoms with van der Waals surface area (Å²) in [5.41, 5.74) is 0. The number of rotatable bonds is 4. The van der Waals surface area contributed by atoms with E-state index < -0.39 is 48.9 Å². The third-order valence-corrected chi connectivity index (χ3v) is 3.07. The molecule has 12 nitrogen and oxygen atoms in total. The monoisotopic (exact) mass is 345 g/mol. The van der Waals surface area contributed by atoms with Crippen LogP contribution < -0.4 is 0 Å². The van der Waals surface area contributed by atoms with Crippen LogP contribution in [-0.4, -0.2) is 89.1 Å². The van der Waals surface area contributed by atoms with E-state index >= 15 is 0 Å². The standard InChI is InChI=1S/C12H15N3O9/c1-3-5(16)13-10(22)14(6(17)4-2)12(24)15(11(13)23)8(19)7(18)9(20)21/h3-4,7,10-12,18,22-24H,1-2H2,(H,20,21). The van der Waals surface area contributed by atoms with E-state index in [0.29, 0.717) is 12.2 Å². The van der Waals surface area contributed by atoms with Gasteiger partial charge in [0.15, 0.2) is 0 Å². The minimum atomic E-state index is -2.70. The fraction of sp³-hybridized carbons (Fsp3) is 0.333. The minimum Gasteiger partial charge on any atom is -0.479 e. The molecule has 132 valence electrons. The van der Waals surface area contributed by atoms with Crippen LogP contribution in [0.4, 0.5) is 0 Å². The van der Waals surface area contributed by atoms with Crippen molar-refractivity contribution in [3.8, 4) is 0 Å². The Hall–Kier alpha value is -2.80. The Balaban J connectivity index is 3.40. The Morgan fingerprint density at radius 2 is 1.17 bits per heavy atom. The van der Waals surface area contributed by atoms with Crippen molar-refractivity contribution < 1.29 is 44.7 Å². The Bertz CT molecular complexity index is 558. The van der Waals surface area contributed by atoms with Gasteiger partial charge in [0, 0.05) is 0 Å². The smallest absolute Gasteiger partial charge is 0.342 e. The molecule has 1 saturated heterocycles. The molecule has 1 heterocycles. The number of aliphatic hydroxyl groups is 4. The second kappa shape index (κ2) is 7.18.